The van der Waals surface area contributed by atoms with Gasteiger partial charge in [0.1, 0.15) is 5.82 Å². The van der Waals surface area contributed by atoms with E-state index in [2.05, 4.69) is 15.3 Å². The van der Waals surface area contributed by atoms with Crippen molar-refractivity contribution in [3.8, 4) is 11.6 Å². The van der Waals surface area contributed by atoms with Crippen molar-refractivity contribution in [2.45, 2.75) is 32.6 Å². The number of nitrogens with zero attached hydrogens (tertiary/aromatic N) is 3. The molecule has 3 aromatic rings. The highest BCUT2D eigenvalue weighted by Gasteiger charge is 2.25. The fourth-order valence-corrected chi connectivity index (χ4v) is 4.17. The Hall–Kier alpha value is -3.57. The molecule has 1 aromatic heterocycles. The molecule has 0 aliphatic carbocycles. The number of primary amides is 1. The average Bonchev–Trinajstić information content (AvgIpc) is 3.50. The molecule has 1 unspecified atom stereocenters. The number of nitrogens with two attached hydrogens (primary N) is 1. The van der Waals surface area contributed by atoms with Crippen LogP contribution in [0.2, 0.25) is 0 Å². The second-order valence-corrected chi connectivity index (χ2v) is 8.94. The van der Waals surface area contributed by atoms with Crippen molar-refractivity contribution < 1.29 is 27.4 Å². The molecule has 1 saturated heterocycles. The van der Waals surface area contributed by atoms with Crippen LogP contribution in [0.4, 0.5) is 23.8 Å². The molecule has 38 heavy (non-hydrogen) atoms. The number of methoxy groups -OCH3 is 1. The minimum Gasteiger partial charge on any atom is -0.476 e. The lowest BCUT2D eigenvalue weighted by Crippen LogP contribution is -2.24. The van der Waals surface area contributed by atoms with E-state index in [0.717, 1.165) is 55.9 Å². The zero-order valence-corrected chi connectivity index (χ0v) is 21.8. The Morgan fingerprint density at radius 1 is 1.16 bits per heavy atom. The molecule has 206 valence electrons. The second kappa shape index (κ2) is 13.8. The van der Waals surface area contributed by atoms with Gasteiger partial charge in [-0.15, -0.1) is 5.10 Å². The van der Waals surface area contributed by atoms with Gasteiger partial charge >= 0.3 is 6.03 Å². The van der Waals surface area contributed by atoms with E-state index in [9.17, 15) is 18.0 Å². The Morgan fingerprint density at radius 3 is 2.45 bits per heavy atom. The Balaban J connectivity index is 0.000000212. The van der Waals surface area contributed by atoms with E-state index in [1.165, 1.54) is 0 Å². The Morgan fingerprint density at radius 2 is 1.84 bits per heavy atom. The van der Waals surface area contributed by atoms with Crippen molar-refractivity contribution in [1.82, 2.24) is 14.7 Å². The van der Waals surface area contributed by atoms with Crippen molar-refractivity contribution in [3.05, 3.63) is 71.0 Å². The van der Waals surface area contributed by atoms with Crippen LogP contribution in [0.1, 0.15) is 36.8 Å². The van der Waals surface area contributed by atoms with Gasteiger partial charge < -0.3 is 20.1 Å². The largest absolute Gasteiger partial charge is 0.476 e. The highest BCUT2D eigenvalue weighted by molar-refractivity contribution is 5.88. The second-order valence-electron chi connectivity index (χ2n) is 8.94. The van der Waals surface area contributed by atoms with Crippen molar-refractivity contribution in [2.75, 3.05) is 45.3 Å². The van der Waals surface area contributed by atoms with Crippen molar-refractivity contribution in [2.24, 2.45) is 5.73 Å². The lowest BCUT2D eigenvalue weighted by Gasteiger charge is -2.15. The van der Waals surface area contributed by atoms with E-state index >= 15 is 0 Å². The predicted molar refractivity (Wildman–Crippen MR) is 139 cm³/mol. The summed E-state index contributed by atoms with van der Waals surface area (Å²) in [6.45, 7) is 7.47. The highest BCUT2D eigenvalue weighted by Crippen LogP contribution is 2.29. The smallest absolute Gasteiger partial charge is 0.317 e. The number of urea groups is 1. The number of aromatic nitrogens is 2. The summed E-state index contributed by atoms with van der Waals surface area (Å²) in [5.74, 6) is -2.53. The maximum atomic E-state index is 13.1. The number of likely N-dealkylation sites (tertiary alicyclic amines) is 1. The number of ether oxygens (including phenoxy) is 2. The fourth-order valence-electron chi connectivity index (χ4n) is 4.17. The maximum absolute atomic E-state index is 13.1. The summed E-state index contributed by atoms with van der Waals surface area (Å²) in [7, 11) is 1.64. The molecule has 2 heterocycles. The van der Waals surface area contributed by atoms with Crippen LogP contribution < -0.4 is 15.8 Å². The molecule has 3 N–H and O–H groups in total. The molecule has 4 rings (SSSR count). The first-order valence-electron chi connectivity index (χ1n) is 12.4. The average molecular weight is 534 g/mol. The molecule has 0 radical (unpaired) electrons. The summed E-state index contributed by atoms with van der Waals surface area (Å²) in [5.41, 5.74) is 7.33. The first-order chi connectivity index (χ1) is 18.2. The first kappa shape index (κ1) is 29.0. The number of carbonyl (C=O) groups excluding carboxylic acids is 1. The normalized spacial score (nSPS) is 15.2. The van der Waals surface area contributed by atoms with Gasteiger partial charge in [-0.1, -0.05) is 25.1 Å². The SMILES string of the molecule is CCCOc1nn(-c2ccccc2)c(NC(N)=O)c1C.COCCN1CCC(c2cc(F)c(F)c(F)c2)C1. The minimum absolute atomic E-state index is 0.0615. The van der Waals surface area contributed by atoms with Crippen LogP contribution in [0.3, 0.4) is 0 Å². The van der Waals surface area contributed by atoms with Crippen molar-refractivity contribution in [3.63, 3.8) is 0 Å². The van der Waals surface area contributed by atoms with E-state index in [1.54, 1.807) is 11.8 Å². The number of para-hydroxylation sites is 1. The van der Waals surface area contributed by atoms with Crippen LogP contribution in [-0.4, -0.2) is 60.7 Å². The van der Waals surface area contributed by atoms with Gasteiger partial charge in [-0.2, -0.15) is 0 Å². The molecule has 1 aliphatic heterocycles. The molecule has 1 atom stereocenters. The number of carbonyl (C=O) groups is 1. The Kier molecular flexibility index (Phi) is 10.5. The zero-order chi connectivity index (χ0) is 27.7. The lowest BCUT2D eigenvalue weighted by molar-refractivity contribution is 0.160. The van der Waals surface area contributed by atoms with E-state index in [4.69, 9.17) is 15.2 Å². The molecule has 0 bridgehead atoms. The van der Waals surface area contributed by atoms with Gasteiger partial charge in [0.2, 0.25) is 5.88 Å². The van der Waals surface area contributed by atoms with E-state index in [-0.39, 0.29) is 5.92 Å². The lowest BCUT2D eigenvalue weighted by atomic mass is 9.98. The number of amides is 2. The predicted octanol–water partition coefficient (Wildman–Crippen LogP) is 5.00. The number of hydrogen-bond acceptors (Lipinski definition) is 5. The number of nitrogens with one attached hydrogen (secondary N) is 1. The summed E-state index contributed by atoms with van der Waals surface area (Å²) in [5, 5.41) is 6.99. The molecule has 8 nitrogen and oxygen atoms in total. The topological polar surface area (TPSA) is 94.6 Å². The van der Waals surface area contributed by atoms with Crippen molar-refractivity contribution in [1.29, 1.82) is 0 Å². The monoisotopic (exact) mass is 533 g/mol. The summed E-state index contributed by atoms with van der Waals surface area (Å²) in [6, 6.07) is 11.1. The maximum Gasteiger partial charge on any atom is 0.317 e. The van der Waals surface area contributed by atoms with Crippen LogP contribution in [0, 0.1) is 24.4 Å². The molecule has 1 fully saturated rings. The molecular formula is C27H34F3N5O3. The van der Waals surface area contributed by atoms with E-state index < -0.39 is 23.5 Å². The standard InChI is InChI=1S/C14H18N4O2.C13H16F3NO/c1-3-9-20-13-10(2)12(16-14(15)19)18(17-13)11-7-5-4-6-8-11;1-18-5-4-17-3-2-9(8-17)10-6-11(14)13(16)12(15)7-10/h4-8H,3,9H2,1-2H3,(H3,15,16,19);6-7,9H,2-5,8H2,1H3. The molecule has 2 amide bonds. The third-order valence-electron chi connectivity index (χ3n) is 6.13. The Labute approximate surface area is 220 Å². The van der Waals surface area contributed by atoms with Crippen LogP contribution in [-0.2, 0) is 4.74 Å². The number of anilines is 1. The van der Waals surface area contributed by atoms with Gasteiger partial charge in [0.05, 0.1) is 24.5 Å². The number of rotatable bonds is 9. The van der Waals surface area contributed by atoms with Gasteiger partial charge in [-0.05, 0) is 62.1 Å². The molecule has 0 saturated carbocycles. The third kappa shape index (κ3) is 7.48. The van der Waals surface area contributed by atoms with Gasteiger partial charge in [-0.25, -0.2) is 22.6 Å². The number of benzene rings is 2. The summed E-state index contributed by atoms with van der Waals surface area (Å²) < 4.78 is 51.3. The molecule has 0 spiro atoms. The summed E-state index contributed by atoms with van der Waals surface area (Å²) >= 11 is 0. The minimum atomic E-state index is -1.40. The quantitative estimate of drug-likeness (QED) is 0.378. The summed E-state index contributed by atoms with van der Waals surface area (Å²) in [6.07, 6.45) is 1.71. The van der Waals surface area contributed by atoms with Gasteiger partial charge in [0.25, 0.3) is 0 Å². The van der Waals surface area contributed by atoms with Gasteiger partial charge in [0, 0.05) is 20.2 Å². The summed E-state index contributed by atoms with van der Waals surface area (Å²) in [4.78, 5) is 13.3. The first-order valence-corrected chi connectivity index (χ1v) is 12.4. The van der Waals surface area contributed by atoms with Crippen LogP contribution in [0.15, 0.2) is 42.5 Å². The van der Waals surface area contributed by atoms with Crippen LogP contribution >= 0.6 is 0 Å². The zero-order valence-electron chi connectivity index (χ0n) is 21.8. The van der Waals surface area contributed by atoms with E-state index in [0.29, 0.717) is 30.5 Å². The van der Waals surface area contributed by atoms with Crippen LogP contribution in [0.5, 0.6) is 5.88 Å². The van der Waals surface area contributed by atoms with Crippen LogP contribution in [0.25, 0.3) is 5.69 Å². The molecular weight excluding hydrogens is 499 g/mol. The third-order valence-corrected chi connectivity index (χ3v) is 6.13. The fraction of sp³-hybridized carbons (Fsp3) is 0.407. The Bertz CT molecular complexity index is 1180. The number of halogens is 3. The van der Waals surface area contributed by atoms with Gasteiger partial charge in [0.15, 0.2) is 17.5 Å². The molecule has 11 heteroatoms. The highest BCUT2D eigenvalue weighted by atomic mass is 19.2. The van der Waals surface area contributed by atoms with Crippen molar-refractivity contribution >= 4 is 11.8 Å². The molecule has 1 aliphatic rings. The van der Waals surface area contributed by atoms with Gasteiger partial charge in [-0.3, -0.25) is 5.32 Å². The molecule has 2 aromatic carbocycles. The van der Waals surface area contributed by atoms with E-state index in [1.807, 2.05) is 44.2 Å². The number of hydrogen-bond donors (Lipinski definition) is 2.